The molecule has 0 radical (unpaired) electrons. The van der Waals surface area contributed by atoms with Crippen LogP contribution in [0.5, 0.6) is 0 Å². The van der Waals surface area contributed by atoms with E-state index in [1.165, 1.54) is 12.8 Å². The highest BCUT2D eigenvalue weighted by Crippen LogP contribution is 2.31. The number of carbonyl (C=O) groups excluding carboxylic acids is 1. The van der Waals surface area contributed by atoms with Gasteiger partial charge in [0.1, 0.15) is 0 Å². The first-order valence-electron chi connectivity index (χ1n) is 10.0. The molecule has 4 rings (SSSR count). The van der Waals surface area contributed by atoms with Crippen molar-refractivity contribution in [3.05, 3.63) is 59.7 Å². The molecule has 1 amide bonds. The SMILES string of the molecule is CC1(NC(=O)c2ccc([C@H]3CCCN(Cc4ccccn4)C3)nc2)CCC1. The summed E-state index contributed by atoms with van der Waals surface area (Å²) in [5.41, 5.74) is 2.84. The van der Waals surface area contributed by atoms with Crippen LogP contribution in [-0.4, -0.2) is 39.4 Å². The Labute approximate surface area is 161 Å². The quantitative estimate of drug-likeness (QED) is 0.882. The van der Waals surface area contributed by atoms with E-state index >= 15 is 0 Å². The Balaban J connectivity index is 1.37. The predicted octanol–water partition coefficient (Wildman–Crippen LogP) is 3.53. The monoisotopic (exact) mass is 364 g/mol. The van der Waals surface area contributed by atoms with Crippen LogP contribution in [0.2, 0.25) is 0 Å². The molecular weight excluding hydrogens is 336 g/mol. The molecule has 2 aliphatic rings. The van der Waals surface area contributed by atoms with E-state index in [-0.39, 0.29) is 11.4 Å². The maximum Gasteiger partial charge on any atom is 0.253 e. The number of pyridine rings is 2. The molecule has 1 atom stereocenters. The molecular formula is C22H28N4O. The molecule has 5 heteroatoms. The van der Waals surface area contributed by atoms with E-state index in [1.54, 1.807) is 6.20 Å². The van der Waals surface area contributed by atoms with Crippen LogP contribution in [0, 0.1) is 0 Å². The summed E-state index contributed by atoms with van der Waals surface area (Å²) in [5.74, 6) is 0.417. The fourth-order valence-corrected chi connectivity index (χ4v) is 4.12. The van der Waals surface area contributed by atoms with Gasteiger partial charge in [0.05, 0.1) is 11.3 Å². The third-order valence-corrected chi connectivity index (χ3v) is 5.96. The van der Waals surface area contributed by atoms with Gasteiger partial charge < -0.3 is 5.32 Å². The topological polar surface area (TPSA) is 58.1 Å². The molecule has 1 N–H and O–H groups in total. The third-order valence-electron chi connectivity index (χ3n) is 5.96. The van der Waals surface area contributed by atoms with Crippen molar-refractivity contribution in [3.63, 3.8) is 0 Å². The second kappa shape index (κ2) is 7.77. The lowest BCUT2D eigenvalue weighted by Gasteiger charge is -2.39. The second-order valence-electron chi connectivity index (χ2n) is 8.24. The number of hydrogen-bond acceptors (Lipinski definition) is 4. The van der Waals surface area contributed by atoms with Crippen LogP contribution in [0.1, 0.15) is 66.7 Å². The molecule has 0 bridgehead atoms. The summed E-state index contributed by atoms with van der Waals surface area (Å²) < 4.78 is 0. The highest BCUT2D eigenvalue weighted by molar-refractivity contribution is 5.94. The first kappa shape index (κ1) is 18.1. The van der Waals surface area contributed by atoms with Crippen molar-refractivity contribution >= 4 is 5.91 Å². The van der Waals surface area contributed by atoms with E-state index < -0.39 is 0 Å². The number of likely N-dealkylation sites (tertiary alicyclic amines) is 1. The predicted molar refractivity (Wildman–Crippen MR) is 105 cm³/mol. The maximum atomic E-state index is 12.4. The molecule has 1 aliphatic carbocycles. The van der Waals surface area contributed by atoms with Gasteiger partial charge in [0.2, 0.25) is 0 Å². The Morgan fingerprint density at radius 3 is 2.78 bits per heavy atom. The van der Waals surface area contributed by atoms with E-state index in [0.717, 1.165) is 50.3 Å². The number of aromatic nitrogens is 2. The van der Waals surface area contributed by atoms with Gasteiger partial charge in [0.25, 0.3) is 5.91 Å². The lowest BCUT2D eigenvalue weighted by atomic mass is 9.78. The van der Waals surface area contributed by atoms with Gasteiger partial charge in [-0.15, -0.1) is 0 Å². The minimum Gasteiger partial charge on any atom is -0.347 e. The van der Waals surface area contributed by atoms with Crippen LogP contribution in [0.25, 0.3) is 0 Å². The third kappa shape index (κ3) is 4.35. The summed E-state index contributed by atoms with van der Waals surface area (Å²) in [6, 6.07) is 10.0. The number of carbonyl (C=O) groups is 1. The van der Waals surface area contributed by atoms with E-state index in [1.807, 2.05) is 30.5 Å². The number of rotatable bonds is 5. The summed E-state index contributed by atoms with van der Waals surface area (Å²) in [7, 11) is 0. The van der Waals surface area contributed by atoms with Crippen molar-refractivity contribution in [3.8, 4) is 0 Å². The smallest absolute Gasteiger partial charge is 0.253 e. The number of nitrogens with one attached hydrogen (secondary N) is 1. The average Bonchev–Trinajstić information content (AvgIpc) is 2.68. The zero-order chi connectivity index (χ0) is 18.7. The molecule has 5 nitrogen and oxygen atoms in total. The summed E-state index contributed by atoms with van der Waals surface area (Å²) in [6.07, 6.45) is 9.24. The summed E-state index contributed by atoms with van der Waals surface area (Å²) >= 11 is 0. The van der Waals surface area contributed by atoms with Crippen LogP contribution >= 0.6 is 0 Å². The van der Waals surface area contributed by atoms with E-state index in [4.69, 9.17) is 0 Å². The Morgan fingerprint density at radius 1 is 1.22 bits per heavy atom. The van der Waals surface area contributed by atoms with Gasteiger partial charge in [0.15, 0.2) is 0 Å². The van der Waals surface area contributed by atoms with Crippen LogP contribution in [0.4, 0.5) is 0 Å². The van der Waals surface area contributed by atoms with E-state index in [0.29, 0.717) is 11.5 Å². The molecule has 0 aromatic carbocycles. The van der Waals surface area contributed by atoms with E-state index in [9.17, 15) is 4.79 Å². The molecule has 1 saturated carbocycles. The number of hydrogen-bond donors (Lipinski definition) is 1. The zero-order valence-electron chi connectivity index (χ0n) is 16.0. The normalized spacial score (nSPS) is 22.0. The van der Waals surface area contributed by atoms with Crippen LogP contribution in [0.15, 0.2) is 42.7 Å². The number of amides is 1. The van der Waals surface area contributed by atoms with Crippen molar-refractivity contribution in [2.75, 3.05) is 13.1 Å². The highest BCUT2D eigenvalue weighted by atomic mass is 16.1. The molecule has 27 heavy (non-hydrogen) atoms. The summed E-state index contributed by atoms with van der Waals surface area (Å²) in [4.78, 5) is 24.0. The van der Waals surface area contributed by atoms with Gasteiger partial charge in [0, 0.05) is 42.6 Å². The summed E-state index contributed by atoms with van der Waals surface area (Å²) in [5, 5.41) is 3.15. The Hall–Kier alpha value is -2.27. The van der Waals surface area contributed by atoms with Crippen molar-refractivity contribution in [2.24, 2.45) is 0 Å². The lowest BCUT2D eigenvalue weighted by Crippen LogP contribution is -2.50. The van der Waals surface area contributed by atoms with Gasteiger partial charge in [-0.3, -0.25) is 19.7 Å². The maximum absolute atomic E-state index is 12.4. The highest BCUT2D eigenvalue weighted by Gasteiger charge is 2.33. The molecule has 2 aromatic heterocycles. The van der Waals surface area contributed by atoms with Crippen LogP contribution in [0.3, 0.4) is 0 Å². The van der Waals surface area contributed by atoms with Crippen molar-refractivity contribution in [1.82, 2.24) is 20.2 Å². The second-order valence-corrected chi connectivity index (χ2v) is 8.24. The summed E-state index contributed by atoms with van der Waals surface area (Å²) in [6.45, 7) is 5.10. The van der Waals surface area contributed by atoms with E-state index in [2.05, 4.69) is 33.2 Å². The van der Waals surface area contributed by atoms with Crippen LogP contribution in [-0.2, 0) is 6.54 Å². The molecule has 2 aromatic rings. The van der Waals surface area contributed by atoms with Crippen LogP contribution < -0.4 is 5.32 Å². The van der Waals surface area contributed by atoms with Gasteiger partial charge in [-0.25, -0.2) is 0 Å². The molecule has 0 unspecified atom stereocenters. The zero-order valence-corrected chi connectivity index (χ0v) is 16.0. The minimum atomic E-state index is -0.0227. The first-order valence-corrected chi connectivity index (χ1v) is 10.0. The molecule has 3 heterocycles. The Morgan fingerprint density at radius 2 is 2.11 bits per heavy atom. The van der Waals surface area contributed by atoms with Gasteiger partial charge in [-0.05, 0) is 69.8 Å². The Kier molecular flexibility index (Phi) is 5.21. The van der Waals surface area contributed by atoms with Crippen molar-refractivity contribution in [1.29, 1.82) is 0 Å². The molecule has 2 fully saturated rings. The molecule has 1 aliphatic heterocycles. The fourth-order valence-electron chi connectivity index (χ4n) is 4.12. The van der Waals surface area contributed by atoms with Crippen molar-refractivity contribution < 1.29 is 4.79 Å². The average molecular weight is 364 g/mol. The molecule has 1 saturated heterocycles. The first-order chi connectivity index (χ1) is 13.1. The van der Waals surface area contributed by atoms with Gasteiger partial charge >= 0.3 is 0 Å². The molecule has 142 valence electrons. The Bertz CT molecular complexity index is 771. The molecule has 0 spiro atoms. The van der Waals surface area contributed by atoms with Gasteiger partial charge in [-0.1, -0.05) is 6.07 Å². The largest absolute Gasteiger partial charge is 0.347 e. The number of nitrogens with zero attached hydrogens (tertiary/aromatic N) is 3. The lowest BCUT2D eigenvalue weighted by molar-refractivity contribution is 0.0850. The minimum absolute atomic E-state index is 0.00308. The fraction of sp³-hybridized carbons (Fsp3) is 0.500. The van der Waals surface area contributed by atoms with Gasteiger partial charge in [-0.2, -0.15) is 0 Å². The standard InChI is InChI=1S/C22H28N4O/c1-22(10-5-11-22)25-21(27)17-8-9-20(24-14-17)18-6-4-13-26(15-18)16-19-7-2-3-12-23-19/h2-3,7-9,12,14,18H,4-6,10-11,13,15-16H2,1H3,(H,25,27)/t18-/m0/s1. The number of piperidine rings is 1. The van der Waals surface area contributed by atoms with Crippen molar-refractivity contribution in [2.45, 2.75) is 57.0 Å².